The van der Waals surface area contributed by atoms with Gasteiger partial charge in [0.25, 0.3) is 5.91 Å². The number of phenols is 1. The van der Waals surface area contributed by atoms with Crippen molar-refractivity contribution in [1.82, 2.24) is 5.32 Å². The van der Waals surface area contributed by atoms with E-state index in [0.717, 1.165) is 5.39 Å². The zero-order valence-corrected chi connectivity index (χ0v) is 9.42. The Morgan fingerprint density at radius 2 is 2.06 bits per heavy atom. The molecule has 0 saturated heterocycles. The Morgan fingerprint density at radius 3 is 2.69 bits per heavy atom. The van der Waals surface area contributed by atoms with Crippen LogP contribution in [0.4, 0.5) is 0 Å². The highest BCUT2D eigenvalue weighted by Crippen LogP contribution is 2.32. The molecule has 4 nitrogen and oxygen atoms in total. The number of hydrogen-bond acceptors (Lipinski definition) is 3. The average molecular weight is 219 g/mol. The maximum atomic E-state index is 11.7. The molecular formula is C12H13NO3. The highest BCUT2D eigenvalue weighted by Gasteiger charge is 2.19. The molecule has 0 fully saturated rings. The van der Waals surface area contributed by atoms with Crippen LogP contribution in [-0.2, 0) is 0 Å². The minimum absolute atomic E-state index is 0.171. The van der Waals surface area contributed by atoms with Gasteiger partial charge in [-0.3, -0.25) is 4.79 Å². The summed E-state index contributed by atoms with van der Waals surface area (Å²) in [7, 11) is 1.58. The molecule has 16 heavy (non-hydrogen) atoms. The summed E-state index contributed by atoms with van der Waals surface area (Å²) in [4.78, 5) is 11.7. The van der Waals surface area contributed by atoms with E-state index >= 15 is 0 Å². The molecule has 0 aliphatic carbocycles. The monoisotopic (exact) mass is 219 g/mol. The molecule has 0 saturated carbocycles. The fourth-order valence-corrected chi connectivity index (χ4v) is 1.81. The second-order valence-corrected chi connectivity index (χ2v) is 3.70. The second-order valence-electron chi connectivity index (χ2n) is 3.70. The molecule has 0 radical (unpaired) electrons. The zero-order chi connectivity index (χ0) is 11.9. The van der Waals surface area contributed by atoms with Crippen LogP contribution in [0.2, 0.25) is 0 Å². The number of nitrogens with one attached hydrogen (secondary N) is 1. The third-order valence-corrected chi connectivity index (χ3v) is 2.71. The molecule has 0 aliphatic heterocycles. The van der Waals surface area contributed by atoms with Gasteiger partial charge in [0.1, 0.15) is 17.1 Å². The summed E-state index contributed by atoms with van der Waals surface area (Å²) in [5.74, 6) is 0.550. The van der Waals surface area contributed by atoms with Crippen LogP contribution in [0, 0.1) is 13.8 Å². The van der Waals surface area contributed by atoms with Crippen molar-refractivity contribution in [2.45, 2.75) is 13.8 Å². The van der Waals surface area contributed by atoms with Gasteiger partial charge in [0, 0.05) is 18.0 Å². The Balaban J connectivity index is 2.82. The minimum atomic E-state index is -0.179. The van der Waals surface area contributed by atoms with Crippen molar-refractivity contribution >= 4 is 16.9 Å². The van der Waals surface area contributed by atoms with Crippen molar-refractivity contribution in [2.24, 2.45) is 0 Å². The Bertz CT molecular complexity index is 569. The van der Waals surface area contributed by atoms with Crippen molar-refractivity contribution in [3.05, 3.63) is 29.0 Å². The first-order valence-corrected chi connectivity index (χ1v) is 5.00. The Labute approximate surface area is 92.9 Å². The van der Waals surface area contributed by atoms with Gasteiger partial charge in [-0.1, -0.05) is 0 Å². The van der Waals surface area contributed by atoms with Crippen molar-refractivity contribution < 1.29 is 14.3 Å². The highest BCUT2D eigenvalue weighted by atomic mass is 16.3. The quantitative estimate of drug-likeness (QED) is 0.772. The van der Waals surface area contributed by atoms with Gasteiger partial charge in [0.05, 0.1) is 5.56 Å². The van der Waals surface area contributed by atoms with Gasteiger partial charge in [-0.15, -0.1) is 0 Å². The summed E-state index contributed by atoms with van der Waals surface area (Å²) in [6.45, 7) is 3.50. The number of phenolic OH excluding ortho intramolecular Hbond substituents is 1. The topological polar surface area (TPSA) is 62.5 Å². The number of fused-ring (bicyclic) bond motifs is 1. The van der Waals surface area contributed by atoms with Crippen LogP contribution in [-0.4, -0.2) is 18.1 Å². The van der Waals surface area contributed by atoms with Gasteiger partial charge in [-0.25, -0.2) is 0 Å². The molecule has 2 aromatic rings. The van der Waals surface area contributed by atoms with E-state index in [-0.39, 0.29) is 11.7 Å². The number of amides is 1. The summed E-state index contributed by atoms with van der Waals surface area (Å²) < 4.78 is 5.51. The molecule has 0 bridgehead atoms. The standard InChI is InChI=1S/C12H13NO3/c1-6-9(14)5-4-8-10(12(15)13-3)7(2)16-11(6)8/h4-5,14H,1-3H3,(H,13,15). The second kappa shape index (κ2) is 3.56. The lowest BCUT2D eigenvalue weighted by atomic mass is 10.1. The number of carbonyl (C=O) groups is 1. The van der Waals surface area contributed by atoms with E-state index in [1.807, 2.05) is 0 Å². The number of carbonyl (C=O) groups excluding carboxylic acids is 1. The van der Waals surface area contributed by atoms with Crippen LogP contribution < -0.4 is 5.32 Å². The third kappa shape index (κ3) is 1.34. The molecule has 0 atom stereocenters. The number of furan rings is 1. The van der Waals surface area contributed by atoms with Gasteiger partial charge in [-0.05, 0) is 26.0 Å². The molecule has 0 unspecified atom stereocenters. The van der Waals surface area contributed by atoms with Crippen LogP contribution in [0.15, 0.2) is 16.5 Å². The van der Waals surface area contributed by atoms with Gasteiger partial charge >= 0.3 is 0 Å². The lowest BCUT2D eigenvalue weighted by molar-refractivity contribution is 0.0963. The Hall–Kier alpha value is -1.97. The lowest BCUT2D eigenvalue weighted by Gasteiger charge is -1.99. The summed E-state index contributed by atoms with van der Waals surface area (Å²) >= 11 is 0. The van der Waals surface area contributed by atoms with Crippen LogP contribution in [0.25, 0.3) is 11.0 Å². The van der Waals surface area contributed by atoms with Gasteiger partial charge in [0.2, 0.25) is 0 Å². The number of rotatable bonds is 1. The molecule has 1 heterocycles. The lowest BCUT2D eigenvalue weighted by Crippen LogP contribution is -2.18. The minimum Gasteiger partial charge on any atom is -0.508 e. The molecule has 2 N–H and O–H groups in total. The van der Waals surface area contributed by atoms with E-state index in [1.165, 1.54) is 0 Å². The van der Waals surface area contributed by atoms with Crippen LogP contribution >= 0.6 is 0 Å². The van der Waals surface area contributed by atoms with Gasteiger partial charge < -0.3 is 14.8 Å². The fraction of sp³-hybridized carbons (Fsp3) is 0.250. The van der Waals surface area contributed by atoms with Crippen LogP contribution in [0.5, 0.6) is 5.75 Å². The smallest absolute Gasteiger partial charge is 0.255 e. The molecule has 1 aromatic heterocycles. The van der Waals surface area contributed by atoms with E-state index in [0.29, 0.717) is 22.5 Å². The normalized spacial score (nSPS) is 10.7. The summed E-state index contributed by atoms with van der Waals surface area (Å²) in [6.07, 6.45) is 0. The predicted octanol–water partition coefficient (Wildman–Crippen LogP) is 2.11. The fourth-order valence-electron chi connectivity index (χ4n) is 1.81. The van der Waals surface area contributed by atoms with Crippen LogP contribution in [0.1, 0.15) is 21.7 Å². The van der Waals surface area contributed by atoms with Crippen LogP contribution in [0.3, 0.4) is 0 Å². The largest absolute Gasteiger partial charge is 0.508 e. The highest BCUT2D eigenvalue weighted by molar-refractivity contribution is 6.07. The average Bonchev–Trinajstić information content (AvgIpc) is 2.60. The predicted molar refractivity (Wildman–Crippen MR) is 60.7 cm³/mol. The zero-order valence-electron chi connectivity index (χ0n) is 9.42. The van der Waals surface area contributed by atoms with Crippen molar-refractivity contribution in [2.75, 3.05) is 7.05 Å². The van der Waals surface area contributed by atoms with E-state index in [1.54, 1.807) is 33.0 Å². The van der Waals surface area contributed by atoms with E-state index in [9.17, 15) is 9.90 Å². The first-order chi connectivity index (χ1) is 7.56. The third-order valence-electron chi connectivity index (χ3n) is 2.71. The summed E-state index contributed by atoms with van der Waals surface area (Å²) in [5.41, 5.74) is 1.74. The number of hydrogen-bond donors (Lipinski definition) is 2. The molecule has 0 spiro atoms. The van der Waals surface area contributed by atoms with E-state index < -0.39 is 0 Å². The molecule has 84 valence electrons. The number of aryl methyl sites for hydroxylation is 2. The summed E-state index contributed by atoms with van der Waals surface area (Å²) in [6, 6.07) is 3.26. The maximum absolute atomic E-state index is 11.7. The molecule has 1 aromatic carbocycles. The van der Waals surface area contributed by atoms with Gasteiger partial charge in [0.15, 0.2) is 0 Å². The first-order valence-electron chi connectivity index (χ1n) is 5.00. The molecule has 0 aliphatic rings. The van der Waals surface area contributed by atoms with Gasteiger partial charge in [-0.2, -0.15) is 0 Å². The van der Waals surface area contributed by atoms with Crippen molar-refractivity contribution in [1.29, 1.82) is 0 Å². The summed E-state index contributed by atoms with van der Waals surface area (Å²) in [5, 5.41) is 12.9. The maximum Gasteiger partial charge on any atom is 0.255 e. The molecular weight excluding hydrogens is 206 g/mol. The SMILES string of the molecule is CNC(=O)c1c(C)oc2c(C)c(O)ccc12. The Morgan fingerprint density at radius 1 is 1.38 bits per heavy atom. The molecule has 4 heteroatoms. The number of aromatic hydroxyl groups is 1. The van der Waals surface area contributed by atoms with E-state index in [2.05, 4.69) is 5.32 Å². The van der Waals surface area contributed by atoms with Crippen molar-refractivity contribution in [3.63, 3.8) is 0 Å². The molecule has 2 rings (SSSR count). The molecule has 1 amide bonds. The van der Waals surface area contributed by atoms with E-state index in [4.69, 9.17) is 4.42 Å². The Kier molecular flexibility index (Phi) is 2.34. The number of benzene rings is 1. The van der Waals surface area contributed by atoms with Crippen molar-refractivity contribution in [3.8, 4) is 5.75 Å². The first kappa shape index (κ1) is 10.5.